The van der Waals surface area contributed by atoms with E-state index in [1.54, 1.807) is 18.3 Å². The summed E-state index contributed by atoms with van der Waals surface area (Å²) in [5.41, 5.74) is 1.24. The molecule has 0 fully saturated rings. The van der Waals surface area contributed by atoms with Crippen LogP contribution in [0.1, 0.15) is 15.9 Å². The molecule has 3 aromatic rings. The van der Waals surface area contributed by atoms with Gasteiger partial charge in [-0.1, -0.05) is 18.2 Å². The van der Waals surface area contributed by atoms with Gasteiger partial charge in [0.05, 0.1) is 11.2 Å². The number of aromatic amines is 1. The Bertz CT molecular complexity index is 1020. The molecule has 2 heterocycles. The Morgan fingerprint density at radius 2 is 1.83 bits per heavy atom. The number of Topliss-reactive ketones (excluding diaryl/α,β-unsaturated/α-hetero) is 1. The minimum atomic E-state index is -1.43. The Balaban J connectivity index is 2.00. The number of nitriles is 1. The van der Waals surface area contributed by atoms with E-state index in [2.05, 4.69) is 48.2 Å². The molecule has 0 spiro atoms. The molecule has 1 aromatic heterocycles. The summed E-state index contributed by atoms with van der Waals surface area (Å²) in [6.45, 7) is 0. The minimum absolute atomic E-state index is 0.239. The summed E-state index contributed by atoms with van der Waals surface area (Å²) < 4.78 is 1.65. The number of carbonyl (C=O) groups excluding carboxylic acids is 1. The van der Waals surface area contributed by atoms with Gasteiger partial charge in [-0.3, -0.25) is 4.79 Å². The van der Waals surface area contributed by atoms with E-state index in [0.29, 0.717) is 16.8 Å². The Hall–Kier alpha value is -2.10. The second-order valence-electron chi connectivity index (χ2n) is 5.34. The van der Waals surface area contributed by atoms with Crippen LogP contribution in [0.2, 0.25) is 0 Å². The molecule has 0 radical (unpaired) electrons. The molecule has 0 bridgehead atoms. The predicted molar refractivity (Wildman–Crippen MR) is 95.4 cm³/mol. The van der Waals surface area contributed by atoms with Gasteiger partial charge in [0.25, 0.3) is 0 Å². The number of carbonyl (C=O) groups is 1. The summed E-state index contributed by atoms with van der Waals surface area (Å²) in [6.07, 6.45) is 1.73. The molecule has 0 aliphatic carbocycles. The number of para-hydroxylation sites is 2. The summed E-state index contributed by atoms with van der Waals surface area (Å²) in [5.74, 6) is -0.239. The molecule has 0 saturated carbocycles. The maximum Gasteiger partial charge on any atom is 0.216 e. The number of aromatic nitrogens is 1. The Labute approximate surface area is 148 Å². The van der Waals surface area contributed by atoms with Crippen molar-refractivity contribution in [1.29, 1.82) is 5.26 Å². The Morgan fingerprint density at radius 3 is 2.57 bits per heavy atom. The van der Waals surface area contributed by atoms with E-state index < -0.39 is 5.54 Å². The standard InChI is InChI=1S/C17H9Br2N3O/c18-12-5-1-3-9-11(7-21-14(9)12)17(8-20)16(23)10-4-2-6-13(19)15(10)22-17/h1-7,21-22H. The van der Waals surface area contributed by atoms with Crippen molar-refractivity contribution in [2.45, 2.75) is 5.54 Å². The third-order valence-corrected chi connectivity index (χ3v) is 5.47. The largest absolute Gasteiger partial charge is 0.360 e. The molecule has 1 aliphatic rings. The van der Waals surface area contributed by atoms with Crippen LogP contribution in [0.3, 0.4) is 0 Å². The maximum atomic E-state index is 13.0. The van der Waals surface area contributed by atoms with Crippen molar-refractivity contribution in [3.05, 3.63) is 62.7 Å². The van der Waals surface area contributed by atoms with Crippen LogP contribution in [-0.4, -0.2) is 10.8 Å². The smallest absolute Gasteiger partial charge is 0.216 e. The van der Waals surface area contributed by atoms with Gasteiger partial charge in [0.15, 0.2) is 0 Å². The lowest BCUT2D eigenvalue weighted by Crippen LogP contribution is -2.36. The van der Waals surface area contributed by atoms with Crippen LogP contribution in [0.15, 0.2) is 51.5 Å². The molecular weight excluding hydrogens is 422 g/mol. The van der Waals surface area contributed by atoms with Gasteiger partial charge in [0.2, 0.25) is 11.3 Å². The van der Waals surface area contributed by atoms with Gasteiger partial charge in [0, 0.05) is 31.7 Å². The van der Waals surface area contributed by atoms with E-state index in [0.717, 1.165) is 19.8 Å². The molecule has 0 amide bonds. The topological polar surface area (TPSA) is 68.7 Å². The average molecular weight is 431 g/mol. The van der Waals surface area contributed by atoms with Crippen LogP contribution in [-0.2, 0) is 5.54 Å². The normalized spacial score (nSPS) is 19.4. The lowest BCUT2D eigenvalue weighted by atomic mass is 9.87. The fraction of sp³-hybridized carbons (Fsp3) is 0.0588. The zero-order chi connectivity index (χ0) is 16.2. The molecule has 0 saturated heterocycles. The molecule has 112 valence electrons. The number of benzene rings is 2. The lowest BCUT2D eigenvalue weighted by molar-refractivity contribution is 0.0949. The fourth-order valence-electron chi connectivity index (χ4n) is 3.04. The van der Waals surface area contributed by atoms with Gasteiger partial charge in [0.1, 0.15) is 6.07 Å². The molecule has 2 N–H and O–H groups in total. The van der Waals surface area contributed by atoms with Crippen LogP contribution in [0, 0.1) is 11.3 Å². The number of anilines is 1. The van der Waals surface area contributed by atoms with Gasteiger partial charge in [-0.15, -0.1) is 0 Å². The summed E-state index contributed by atoms with van der Waals surface area (Å²) in [7, 11) is 0. The number of ketones is 1. The number of rotatable bonds is 1. The number of H-pyrrole nitrogens is 1. The molecule has 1 unspecified atom stereocenters. The van der Waals surface area contributed by atoms with Gasteiger partial charge >= 0.3 is 0 Å². The average Bonchev–Trinajstić information content (AvgIpc) is 3.10. The SMILES string of the molecule is N#CC1(c2c[nH]c3c(Br)cccc23)Nc2c(Br)cccc2C1=O. The molecule has 4 rings (SSSR count). The number of fused-ring (bicyclic) bond motifs is 2. The van der Waals surface area contributed by atoms with Crippen molar-refractivity contribution in [3.63, 3.8) is 0 Å². The zero-order valence-electron chi connectivity index (χ0n) is 11.7. The first kappa shape index (κ1) is 14.5. The molecule has 1 atom stereocenters. The van der Waals surface area contributed by atoms with E-state index in [9.17, 15) is 10.1 Å². The highest BCUT2D eigenvalue weighted by Crippen LogP contribution is 2.44. The highest BCUT2D eigenvalue weighted by atomic mass is 79.9. The third kappa shape index (κ3) is 1.84. The molecular formula is C17H9Br2N3O. The van der Waals surface area contributed by atoms with Crippen molar-refractivity contribution >= 4 is 54.2 Å². The zero-order valence-corrected chi connectivity index (χ0v) is 14.8. The summed E-state index contributed by atoms with van der Waals surface area (Å²) in [4.78, 5) is 16.1. The number of hydrogen-bond donors (Lipinski definition) is 2. The first-order valence-electron chi connectivity index (χ1n) is 6.87. The van der Waals surface area contributed by atoms with Crippen LogP contribution < -0.4 is 5.32 Å². The van der Waals surface area contributed by atoms with Crippen LogP contribution in [0.5, 0.6) is 0 Å². The monoisotopic (exact) mass is 429 g/mol. The van der Waals surface area contributed by atoms with E-state index in [-0.39, 0.29) is 5.78 Å². The summed E-state index contributed by atoms with van der Waals surface area (Å²) in [5, 5.41) is 13.9. The van der Waals surface area contributed by atoms with Crippen molar-refractivity contribution in [2.24, 2.45) is 0 Å². The highest BCUT2D eigenvalue weighted by Gasteiger charge is 2.49. The van der Waals surface area contributed by atoms with Crippen LogP contribution in [0.25, 0.3) is 10.9 Å². The second-order valence-corrected chi connectivity index (χ2v) is 7.05. The summed E-state index contributed by atoms with van der Waals surface area (Å²) >= 11 is 6.93. The molecule has 6 heteroatoms. The van der Waals surface area contributed by atoms with E-state index >= 15 is 0 Å². The second kappa shape index (κ2) is 4.95. The Kier molecular flexibility index (Phi) is 3.12. The van der Waals surface area contributed by atoms with Gasteiger partial charge in [-0.25, -0.2) is 0 Å². The highest BCUT2D eigenvalue weighted by molar-refractivity contribution is 9.11. The van der Waals surface area contributed by atoms with Crippen LogP contribution >= 0.6 is 31.9 Å². The number of nitrogens with zero attached hydrogens (tertiary/aromatic N) is 1. The molecule has 4 nitrogen and oxygen atoms in total. The first-order chi connectivity index (χ1) is 11.1. The van der Waals surface area contributed by atoms with E-state index in [1.807, 2.05) is 24.3 Å². The quantitative estimate of drug-likeness (QED) is 0.586. The van der Waals surface area contributed by atoms with Crippen molar-refractivity contribution in [3.8, 4) is 6.07 Å². The van der Waals surface area contributed by atoms with E-state index in [1.165, 1.54) is 0 Å². The van der Waals surface area contributed by atoms with Crippen molar-refractivity contribution in [2.75, 3.05) is 5.32 Å². The molecule has 23 heavy (non-hydrogen) atoms. The van der Waals surface area contributed by atoms with Crippen molar-refractivity contribution in [1.82, 2.24) is 4.98 Å². The number of hydrogen-bond acceptors (Lipinski definition) is 3. The van der Waals surface area contributed by atoms with Gasteiger partial charge < -0.3 is 10.3 Å². The molecule has 2 aromatic carbocycles. The number of nitrogens with one attached hydrogen (secondary N) is 2. The van der Waals surface area contributed by atoms with E-state index in [4.69, 9.17) is 0 Å². The minimum Gasteiger partial charge on any atom is -0.360 e. The molecule has 1 aliphatic heterocycles. The third-order valence-electron chi connectivity index (χ3n) is 4.15. The Morgan fingerprint density at radius 1 is 1.09 bits per heavy atom. The summed E-state index contributed by atoms with van der Waals surface area (Å²) in [6, 6.07) is 13.3. The van der Waals surface area contributed by atoms with Gasteiger partial charge in [-0.05, 0) is 50.1 Å². The maximum absolute atomic E-state index is 13.0. The predicted octanol–water partition coefficient (Wildman–Crippen LogP) is 4.72. The first-order valence-corrected chi connectivity index (χ1v) is 8.46. The van der Waals surface area contributed by atoms with Crippen LogP contribution in [0.4, 0.5) is 5.69 Å². The van der Waals surface area contributed by atoms with Crippen molar-refractivity contribution < 1.29 is 4.79 Å². The lowest BCUT2D eigenvalue weighted by Gasteiger charge is -2.20. The van der Waals surface area contributed by atoms with Gasteiger partial charge in [-0.2, -0.15) is 5.26 Å². The fourth-order valence-corrected chi connectivity index (χ4v) is 3.99. The number of halogens is 2.